The maximum Gasteiger partial charge on any atom is 0.338 e. The molecule has 1 atom stereocenters. The number of anilines is 1. The van der Waals surface area contributed by atoms with E-state index < -0.39 is 12.0 Å². The van der Waals surface area contributed by atoms with Gasteiger partial charge in [0.05, 0.1) is 35.6 Å². The number of allylic oxidation sites excluding steroid dienone is 1. The Morgan fingerprint density at radius 3 is 2.51 bits per heavy atom. The van der Waals surface area contributed by atoms with Gasteiger partial charge in [0.25, 0.3) is 5.56 Å². The van der Waals surface area contributed by atoms with Crippen LogP contribution in [0.3, 0.4) is 0 Å². The molecule has 0 saturated carbocycles. The van der Waals surface area contributed by atoms with Crippen LogP contribution in [0.1, 0.15) is 36.6 Å². The van der Waals surface area contributed by atoms with Crippen molar-refractivity contribution >= 4 is 29.1 Å². The molecule has 43 heavy (non-hydrogen) atoms. The standard InChI is InChI=1S/C33H32FN3O5S/c1-6-41-32(39)28-20(2)35-33-37(29(28)21-14-16-24(17-15-21)36(3)4)31(38)27(43-33)18-22-11-9-13-26(40-5)30(22)42-19-23-10-7-8-12-25(23)34/h7-18,29H,6,19H2,1-5H3/t29-/m1/s1. The summed E-state index contributed by atoms with van der Waals surface area (Å²) in [5, 5.41) is 0. The van der Waals surface area contributed by atoms with Gasteiger partial charge in [-0.25, -0.2) is 14.2 Å². The van der Waals surface area contributed by atoms with Crippen molar-refractivity contribution < 1.29 is 23.4 Å². The molecule has 1 aromatic heterocycles. The number of para-hydroxylation sites is 1. The summed E-state index contributed by atoms with van der Waals surface area (Å²) in [5.74, 6) is -0.0783. The highest BCUT2D eigenvalue weighted by atomic mass is 32.1. The van der Waals surface area contributed by atoms with E-state index in [0.29, 0.717) is 43.2 Å². The average Bonchev–Trinajstić information content (AvgIpc) is 3.30. The Morgan fingerprint density at radius 1 is 1.09 bits per heavy atom. The van der Waals surface area contributed by atoms with Crippen LogP contribution in [0.5, 0.6) is 11.5 Å². The first-order valence-corrected chi connectivity index (χ1v) is 14.5. The largest absolute Gasteiger partial charge is 0.493 e. The van der Waals surface area contributed by atoms with Gasteiger partial charge in [0, 0.05) is 30.9 Å². The number of aromatic nitrogens is 1. The molecule has 8 nitrogen and oxygen atoms in total. The van der Waals surface area contributed by atoms with Gasteiger partial charge in [-0.1, -0.05) is 53.8 Å². The van der Waals surface area contributed by atoms with Crippen molar-refractivity contribution in [2.24, 2.45) is 4.99 Å². The normalized spacial score (nSPS) is 14.7. The van der Waals surface area contributed by atoms with Crippen LogP contribution in [0.15, 0.2) is 87.8 Å². The van der Waals surface area contributed by atoms with Gasteiger partial charge in [-0.3, -0.25) is 9.36 Å². The molecular formula is C33H32FN3O5S. The summed E-state index contributed by atoms with van der Waals surface area (Å²) in [5.41, 5.74) is 3.19. The van der Waals surface area contributed by atoms with E-state index in [1.807, 2.05) is 43.3 Å². The van der Waals surface area contributed by atoms with Crippen molar-refractivity contribution in [3.05, 3.63) is 120 Å². The van der Waals surface area contributed by atoms with E-state index in [9.17, 15) is 14.0 Å². The third kappa shape index (κ3) is 5.96. The Bertz CT molecular complexity index is 1880. The van der Waals surface area contributed by atoms with Crippen molar-refractivity contribution in [2.45, 2.75) is 26.5 Å². The molecule has 3 aromatic carbocycles. The van der Waals surface area contributed by atoms with E-state index in [1.54, 1.807) is 60.9 Å². The Morgan fingerprint density at radius 2 is 1.84 bits per heavy atom. The summed E-state index contributed by atoms with van der Waals surface area (Å²) < 4.78 is 33.2. The summed E-state index contributed by atoms with van der Waals surface area (Å²) >= 11 is 1.21. The number of carbonyl (C=O) groups is 1. The predicted molar refractivity (Wildman–Crippen MR) is 165 cm³/mol. The molecule has 1 aliphatic heterocycles. The van der Waals surface area contributed by atoms with Gasteiger partial charge < -0.3 is 19.1 Å². The molecule has 0 radical (unpaired) electrons. The van der Waals surface area contributed by atoms with E-state index in [0.717, 1.165) is 11.3 Å². The lowest BCUT2D eigenvalue weighted by Crippen LogP contribution is -2.40. The van der Waals surface area contributed by atoms with Gasteiger partial charge in [0.15, 0.2) is 16.3 Å². The number of benzene rings is 3. The molecule has 0 amide bonds. The van der Waals surface area contributed by atoms with E-state index in [2.05, 4.69) is 4.99 Å². The number of carbonyl (C=O) groups excluding carboxylic acids is 1. The lowest BCUT2D eigenvalue weighted by molar-refractivity contribution is -0.139. The summed E-state index contributed by atoms with van der Waals surface area (Å²) in [6.07, 6.45) is 1.71. The van der Waals surface area contributed by atoms with Crippen LogP contribution in [0.2, 0.25) is 0 Å². The molecular weight excluding hydrogens is 569 g/mol. The monoisotopic (exact) mass is 601 g/mol. The molecule has 0 saturated heterocycles. The number of methoxy groups -OCH3 is 1. The molecule has 0 fully saturated rings. The molecule has 0 bridgehead atoms. The minimum atomic E-state index is -0.726. The van der Waals surface area contributed by atoms with E-state index in [4.69, 9.17) is 14.2 Å². The first kappa shape index (κ1) is 29.8. The minimum Gasteiger partial charge on any atom is -0.493 e. The lowest BCUT2D eigenvalue weighted by atomic mass is 9.95. The first-order chi connectivity index (χ1) is 20.7. The van der Waals surface area contributed by atoms with Crippen molar-refractivity contribution in [1.29, 1.82) is 0 Å². The number of ether oxygens (including phenoxy) is 3. The number of halogens is 1. The van der Waals surface area contributed by atoms with Crippen LogP contribution in [-0.2, 0) is 16.1 Å². The highest BCUT2D eigenvalue weighted by Gasteiger charge is 2.33. The van der Waals surface area contributed by atoms with Gasteiger partial charge in [0.1, 0.15) is 12.4 Å². The zero-order chi connectivity index (χ0) is 30.7. The third-order valence-electron chi connectivity index (χ3n) is 7.09. The number of hydrogen-bond acceptors (Lipinski definition) is 8. The van der Waals surface area contributed by atoms with Gasteiger partial charge in [-0.05, 0) is 49.8 Å². The Hall–Kier alpha value is -4.70. The van der Waals surface area contributed by atoms with Crippen molar-refractivity contribution in [1.82, 2.24) is 4.57 Å². The van der Waals surface area contributed by atoms with Crippen molar-refractivity contribution in [3.8, 4) is 11.5 Å². The second-order valence-corrected chi connectivity index (χ2v) is 11.1. The van der Waals surface area contributed by atoms with E-state index in [1.165, 1.54) is 24.5 Å². The number of rotatable bonds is 9. The maximum absolute atomic E-state index is 14.3. The number of esters is 1. The highest BCUT2D eigenvalue weighted by molar-refractivity contribution is 7.07. The van der Waals surface area contributed by atoms with E-state index >= 15 is 0 Å². The molecule has 4 aromatic rings. The quantitative estimate of drug-likeness (QED) is 0.261. The molecule has 5 rings (SSSR count). The van der Waals surface area contributed by atoms with Crippen molar-refractivity contribution in [2.75, 3.05) is 32.7 Å². The van der Waals surface area contributed by atoms with Gasteiger partial charge in [-0.2, -0.15) is 0 Å². The lowest BCUT2D eigenvalue weighted by Gasteiger charge is -2.25. The molecule has 0 aliphatic carbocycles. The van der Waals surface area contributed by atoms with Crippen LogP contribution < -0.4 is 29.3 Å². The molecule has 2 heterocycles. The molecule has 10 heteroatoms. The predicted octanol–water partition coefficient (Wildman–Crippen LogP) is 4.59. The SMILES string of the molecule is CCOC(=O)C1=C(C)N=c2sc(=Cc3cccc(OC)c3OCc3ccccc3F)c(=O)n2[C@@H]1c1ccc(N(C)C)cc1. The summed E-state index contributed by atoms with van der Waals surface area (Å²) in [6, 6.07) is 18.7. The summed E-state index contributed by atoms with van der Waals surface area (Å²) in [6.45, 7) is 3.66. The topological polar surface area (TPSA) is 82.4 Å². The zero-order valence-electron chi connectivity index (χ0n) is 24.6. The second-order valence-electron chi connectivity index (χ2n) is 10.0. The molecule has 0 spiro atoms. The van der Waals surface area contributed by atoms with Gasteiger partial charge >= 0.3 is 5.97 Å². The molecule has 0 unspecified atom stereocenters. The number of nitrogens with zero attached hydrogens (tertiary/aromatic N) is 3. The fraction of sp³-hybridized carbons (Fsp3) is 0.242. The van der Waals surface area contributed by atoms with Crippen LogP contribution in [0.4, 0.5) is 10.1 Å². The molecule has 222 valence electrons. The van der Waals surface area contributed by atoms with Crippen LogP contribution >= 0.6 is 11.3 Å². The summed E-state index contributed by atoms with van der Waals surface area (Å²) in [4.78, 5) is 34.4. The van der Waals surface area contributed by atoms with Crippen LogP contribution in [0.25, 0.3) is 6.08 Å². The third-order valence-corrected chi connectivity index (χ3v) is 8.07. The maximum atomic E-state index is 14.3. The molecule has 0 N–H and O–H groups in total. The average molecular weight is 602 g/mol. The Balaban J connectivity index is 1.64. The fourth-order valence-corrected chi connectivity index (χ4v) is 5.97. The van der Waals surface area contributed by atoms with E-state index in [-0.39, 0.29) is 24.6 Å². The first-order valence-electron chi connectivity index (χ1n) is 13.7. The smallest absolute Gasteiger partial charge is 0.338 e. The second kappa shape index (κ2) is 12.7. The highest BCUT2D eigenvalue weighted by Crippen LogP contribution is 2.34. The number of fused-ring (bicyclic) bond motifs is 1. The number of hydrogen-bond donors (Lipinski definition) is 0. The minimum absolute atomic E-state index is 0.0276. The van der Waals surface area contributed by atoms with Gasteiger partial charge in [-0.15, -0.1) is 0 Å². The Labute approximate surface area is 252 Å². The van der Waals surface area contributed by atoms with Gasteiger partial charge in [0.2, 0.25) is 0 Å². The van der Waals surface area contributed by atoms with Crippen LogP contribution in [0, 0.1) is 5.82 Å². The Kier molecular flexibility index (Phi) is 8.77. The zero-order valence-corrected chi connectivity index (χ0v) is 25.4. The van der Waals surface area contributed by atoms with Crippen LogP contribution in [-0.4, -0.2) is 38.3 Å². The van der Waals surface area contributed by atoms with Crippen molar-refractivity contribution in [3.63, 3.8) is 0 Å². The fourth-order valence-electron chi connectivity index (χ4n) is 4.93. The summed E-state index contributed by atoms with van der Waals surface area (Å²) in [7, 11) is 5.41. The molecule has 1 aliphatic rings. The number of thiazole rings is 1.